The molecule has 0 bridgehead atoms. The molecule has 1 heterocycles. The maximum atomic E-state index is 8.91. The predicted molar refractivity (Wildman–Crippen MR) is 75.3 cm³/mol. The van der Waals surface area contributed by atoms with Crippen molar-refractivity contribution in [3.05, 3.63) is 58.8 Å². The molecule has 0 aliphatic rings. The standard InChI is InChI=1S/C15H16N4/c1-11-6-14(9-17)7-15(19-11)18-10-13-4-2-12(8-16)3-5-13/h2-7H,8,10,16H2,1H3,(H,18,19). The van der Waals surface area contributed by atoms with E-state index in [1.165, 1.54) is 0 Å². The molecule has 0 unspecified atom stereocenters. The van der Waals surface area contributed by atoms with Gasteiger partial charge in [-0.3, -0.25) is 0 Å². The van der Waals surface area contributed by atoms with Gasteiger partial charge in [0.15, 0.2) is 0 Å². The van der Waals surface area contributed by atoms with E-state index in [1.807, 2.05) is 31.2 Å². The lowest BCUT2D eigenvalue weighted by atomic mass is 10.1. The van der Waals surface area contributed by atoms with Gasteiger partial charge >= 0.3 is 0 Å². The number of aromatic nitrogens is 1. The van der Waals surface area contributed by atoms with E-state index in [4.69, 9.17) is 11.0 Å². The highest BCUT2D eigenvalue weighted by Gasteiger charge is 2.00. The number of nitriles is 1. The van der Waals surface area contributed by atoms with Crippen molar-refractivity contribution in [1.82, 2.24) is 4.98 Å². The third kappa shape index (κ3) is 3.54. The lowest BCUT2D eigenvalue weighted by Crippen LogP contribution is -2.03. The number of anilines is 1. The third-order valence-electron chi connectivity index (χ3n) is 2.81. The van der Waals surface area contributed by atoms with Gasteiger partial charge in [0.25, 0.3) is 0 Å². The average molecular weight is 252 g/mol. The van der Waals surface area contributed by atoms with Crippen LogP contribution in [0.15, 0.2) is 36.4 Å². The summed E-state index contributed by atoms with van der Waals surface area (Å²) in [6, 6.07) is 13.8. The molecule has 96 valence electrons. The highest BCUT2D eigenvalue weighted by atomic mass is 15.0. The number of benzene rings is 1. The first-order valence-corrected chi connectivity index (χ1v) is 6.12. The van der Waals surface area contributed by atoms with Gasteiger partial charge in [0.1, 0.15) is 5.82 Å². The molecule has 0 saturated carbocycles. The van der Waals surface area contributed by atoms with E-state index in [0.29, 0.717) is 18.7 Å². The Hall–Kier alpha value is -2.38. The zero-order valence-electron chi connectivity index (χ0n) is 10.9. The van der Waals surface area contributed by atoms with Crippen molar-refractivity contribution in [3.63, 3.8) is 0 Å². The Bertz CT molecular complexity index is 597. The Balaban J connectivity index is 2.05. The molecule has 1 aromatic carbocycles. The largest absolute Gasteiger partial charge is 0.366 e. The van der Waals surface area contributed by atoms with Crippen molar-refractivity contribution >= 4 is 5.82 Å². The molecular formula is C15H16N4. The second-order valence-corrected chi connectivity index (χ2v) is 4.37. The topological polar surface area (TPSA) is 74.7 Å². The van der Waals surface area contributed by atoms with Crippen molar-refractivity contribution in [2.24, 2.45) is 5.73 Å². The minimum Gasteiger partial charge on any atom is -0.366 e. The molecule has 0 amide bonds. The number of nitrogens with one attached hydrogen (secondary N) is 1. The monoisotopic (exact) mass is 252 g/mol. The fraction of sp³-hybridized carbons (Fsp3) is 0.200. The van der Waals surface area contributed by atoms with Gasteiger partial charge in [0.2, 0.25) is 0 Å². The Morgan fingerprint density at radius 3 is 2.53 bits per heavy atom. The summed E-state index contributed by atoms with van der Waals surface area (Å²) in [7, 11) is 0. The van der Waals surface area contributed by atoms with E-state index in [-0.39, 0.29) is 0 Å². The van der Waals surface area contributed by atoms with Crippen LogP contribution in [0.5, 0.6) is 0 Å². The number of rotatable bonds is 4. The van der Waals surface area contributed by atoms with E-state index in [1.54, 1.807) is 12.1 Å². The van der Waals surface area contributed by atoms with Crippen molar-refractivity contribution in [2.75, 3.05) is 5.32 Å². The van der Waals surface area contributed by atoms with Crippen LogP contribution in [-0.4, -0.2) is 4.98 Å². The van der Waals surface area contributed by atoms with Crippen LogP contribution in [0.3, 0.4) is 0 Å². The molecule has 0 saturated heterocycles. The Morgan fingerprint density at radius 2 is 1.89 bits per heavy atom. The van der Waals surface area contributed by atoms with E-state index in [2.05, 4.69) is 16.4 Å². The molecule has 19 heavy (non-hydrogen) atoms. The van der Waals surface area contributed by atoms with E-state index in [9.17, 15) is 0 Å². The molecular weight excluding hydrogens is 236 g/mol. The first-order chi connectivity index (χ1) is 9.21. The number of aryl methyl sites for hydroxylation is 1. The highest BCUT2D eigenvalue weighted by Crippen LogP contribution is 2.11. The molecule has 0 aliphatic carbocycles. The van der Waals surface area contributed by atoms with Crippen LogP contribution in [0, 0.1) is 18.3 Å². The van der Waals surface area contributed by atoms with Gasteiger partial charge in [-0.1, -0.05) is 24.3 Å². The summed E-state index contributed by atoms with van der Waals surface area (Å²) in [6.45, 7) is 3.10. The van der Waals surface area contributed by atoms with Gasteiger partial charge in [-0.25, -0.2) is 4.98 Å². The summed E-state index contributed by atoms with van der Waals surface area (Å²) in [6.07, 6.45) is 0. The average Bonchev–Trinajstić information content (AvgIpc) is 2.45. The molecule has 3 N–H and O–H groups in total. The Kier molecular flexibility index (Phi) is 4.11. The fourth-order valence-electron chi connectivity index (χ4n) is 1.81. The molecule has 0 radical (unpaired) electrons. The van der Waals surface area contributed by atoms with Gasteiger partial charge in [-0.2, -0.15) is 5.26 Å². The summed E-state index contributed by atoms with van der Waals surface area (Å²) in [5, 5.41) is 12.1. The van der Waals surface area contributed by atoms with E-state index >= 15 is 0 Å². The van der Waals surface area contributed by atoms with Crippen molar-refractivity contribution in [1.29, 1.82) is 5.26 Å². The van der Waals surface area contributed by atoms with Crippen LogP contribution in [-0.2, 0) is 13.1 Å². The van der Waals surface area contributed by atoms with Crippen LogP contribution in [0.25, 0.3) is 0 Å². The van der Waals surface area contributed by atoms with E-state index in [0.717, 1.165) is 22.6 Å². The number of nitrogens with two attached hydrogens (primary N) is 1. The zero-order chi connectivity index (χ0) is 13.7. The smallest absolute Gasteiger partial charge is 0.127 e. The molecule has 1 aromatic heterocycles. The summed E-state index contributed by atoms with van der Waals surface area (Å²) in [4.78, 5) is 4.35. The van der Waals surface area contributed by atoms with E-state index < -0.39 is 0 Å². The number of pyridine rings is 1. The van der Waals surface area contributed by atoms with Crippen LogP contribution in [0.2, 0.25) is 0 Å². The van der Waals surface area contributed by atoms with Crippen molar-refractivity contribution in [2.45, 2.75) is 20.0 Å². The molecule has 0 spiro atoms. The van der Waals surface area contributed by atoms with Crippen LogP contribution >= 0.6 is 0 Å². The number of nitrogens with zero attached hydrogens (tertiary/aromatic N) is 2. The molecule has 2 rings (SSSR count). The number of hydrogen-bond donors (Lipinski definition) is 2. The quantitative estimate of drug-likeness (QED) is 0.875. The van der Waals surface area contributed by atoms with Crippen molar-refractivity contribution < 1.29 is 0 Å². The third-order valence-corrected chi connectivity index (χ3v) is 2.81. The first kappa shape index (κ1) is 13.1. The second-order valence-electron chi connectivity index (χ2n) is 4.37. The summed E-state index contributed by atoms with van der Waals surface area (Å²) in [5.41, 5.74) is 9.28. The Morgan fingerprint density at radius 1 is 1.21 bits per heavy atom. The Labute approximate surface area is 112 Å². The maximum absolute atomic E-state index is 8.91. The second kappa shape index (κ2) is 5.98. The fourth-order valence-corrected chi connectivity index (χ4v) is 1.81. The first-order valence-electron chi connectivity index (χ1n) is 6.12. The van der Waals surface area contributed by atoms with Gasteiger partial charge in [-0.05, 0) is 30.2 Å². The molecule has 4 nitrogen and oxygen atoms in total. The van der Waals surface area contributed by atoms with Gasteiger partial charge in [-0.15, -0.1) is 0 Å². The van der Waals surface area contributed by atoms with Gasteiger partial charge in [0, 0.05) is 18.8 Å². The minimum absolute atomic E-state index is 0.554. The van der Waals surface area contributed by atoms with Crippen LogP contribution in [0.1, 0.15) is 22.4 Å². The van der Waals surface area contributed by atoms with Crippen LogP contribution < -0.4 is 11.1 Å². The summed E-state index contributed by atoms with van der Waals surface area (Å²) < 4.78 is 0. The molecule has 0 aliphatic heterocycles. The van der Waals surface area contributed by atoms with Gasteiger partial charge in [0.05, 0.1) is 11.6 Å². The van der Waals surface area contributed by atoms with Crippen molar-refractivity contribution in [3.8, 4) is 6.07 Å². The highest BCUT2D eigenvalue weighted by molar-refractivity contribution is 5.44. The molecule has 0 atom stereocenters. The lowest BCUT2D eigenvalue weighted by Gasteiger charge is -2.07. The maximum Gasteiger partial charge on any atom is 0.127 e. The van der Waals surface area contributed by atoms with Crippen LogP contribution in [0.4, 0.5) is 5.82 Å². The normalized spacial score (nSPS) is 9.95. The molecule has 2 aromatic rings. The minimum atomic E-state index is 0.554. The summed E-state index contributed by atoms with van der Waals surface area (Å²) in [5.74, 6) is 0.722. The molecule has 0 fully saturated rings. The predicted octanol–water partition coefficient (Wildman–Crippen LogP) is 2.33. The number of hydrogen-bond acceptors (Lipinski definition) is 4. The molecule has 4 heteroatoms. The van der Waals surface area contributed by atoms with Gasteiger partial charge < -0.3 is 11.1 Å². The summed E-state index contributed by atoms with van der Waals surface area (Å²) >= 11 is 0. The lowest BCUT2D eigenvalue weighted by molar-refractivity contribution is 1.05. The zero-order valence-corrected chi connectivity index (χ0v) is 10.9. The SMILES string of the molecule is Cc1cc(C#N)cc(NCc2ccc(CN)cc2)n1.